The van der Waals surface area contributed by atoms with E-state index >= 15 is 0 Å². The fourth-order valence-electron chi connectivity index (χ4n) is 3.13. The molecule has 0 spiro atoms. The number of para-hydroxylation sites is 1. The van der Waals surface area contributed by atoms with Crippen LogP contribution in [0.2, 0.25) is 0 Å². The molecule has 1 N–H and O–H groups in total. The summed E-state index contributed by atoms with van der Waals surface area (Å²) in [7, 11) is 0. The van der Waals surface area contributed by atoms with Crippen LogP contribution in [0, 0.1) is 0 Å². The van der Waals surface area contributed by atoms with Gasteiger partial charge in [0.15, 0.2) is 0 Å². The van der Waals surface area contributed by atoms with E-state index in [1.807, 2.05) is 11.3 Å². The lowest BCUT2D eigenvalue weighted by atomic mass is 10.0. The standard InChI is InChI=1S/C18H24N2S/c1-15(14-18-8-5-13-21-18)19-16-9-11-20(12-10-16)17-6-3-2-4-7-17/h2-8,13,15-16,19H,9-12,14H2,1H3. The third kappa shape index (κ3) is 4.08. The van der Waals surface area contributed by atoms with Crippen LogP contribution in [0.15, 0.2) is 47.8 Å². The minimum absolute atomic E-state index is 0.567. The van der Waals surface area contributed by atoms with Gasteiger partial charge in [-0.2, -0.15) is 0 Å². The molecule has 3 rings (SSSR count). The molecule has 1 aromatic carbocycles. The molecule has 0 amide bonds. The highest BCUT2D eigenvalue weighted by Gasteiger charge is 2.20. The lowest BCUT2D eigenvalue weighted by Crippen LogP contribution is -2.46. The molecule has 0 aliphatic carbocycles. The van der Waals surface area contributed by atoms with Crippen LogP contribution in [0.3, 0.4) is 0 Å². The van der Waals surface area contributed by atoms with Crippen LogP contribution >= 0.6 is 11.3 Å². The summed E-state index contributed by atoms with van der Waals surface area (Å²) >= 11 is 1.86. The Balaban J connectivity index is 1.45. The predicted molar refractivity (Wildman–Crippen MR) is 92.3 cm³/mol. The maximum absolute atomic E-state index is 3.81. The highest BCUT2D eigenvalue weighted by atomic mass is 32.1. The van der Waals surface area contributed by atoms with Crippen LogP contribution in [0.4, 0.5) is 5.69 Å². The molecule has 0 saturated carbocycles. The Morgan fingerprint density at radius 1 is 1.14 bits per heavy atom. The summed E-state index contributed by atoms with van der Waals surface area (Å²) in [6.07, 6.45) is 3.63. The van der Waals surface area contributed by atoms with Crippen molar-refractivity contribution in [1.82, 2.24) is 5.32 Å². The van der Waals surface area contributed by atoms with Gasteiger partial charge in [0, 0.05) is 35.7 Å². The zero-order valence-electron chi connectivity index (χ0n) is 12.7. The van der Waals surface area contributed by atoms with Crippen molar-refractivity contribution in [2.45, 2.75) is 38.3 Å². The summed E-state index contributed by atoms with van der Waals surface area (Å²) in [5, 5.41) is 5.98. The van der Waals surface area contributed by atoms with E-state index in [1.54, 1.807) is 0 Å². The Morgan fingerprint density at radius 3 is 2.57 bits per heavy atom. The summed E-state index contributed by atoms with van der Waals surface area (Å²) in [4.78, 5) is 3.99. The maximum Gasteiger partial charge on any atom is 0.0366 e. The fourth-order valence-corrected chi connectivity index (χ4v) is 3.97. The number of nitrogens with zero attached hydrogens (tertiary/aromatic N) is 1. The van der Waals surface area contributed by atoms with E-state index in [-0.39, 0.29) is 0 Å². The summed E-state index contributed by atoms with van der Waals surface area (Å²) < 4.78 is 0. The number of anilines is 1. The van der Waals surface area contributed by atoms with E-state index in [1.165, 1.54) is 23.4 Å². The van der Waals surface area contributed by atoms with Gasteiger partial charge >= 0.3 is 0 Å². The van der Waals surface area contributed by atoms with Crippen molar-refractivity contribution in [1.29, 1.82) is 0 Å². The number of nitrogens with one attached hydrogen (secondary N) is 1. The molecular weight excluding hydrogens is 276 g/mol. The largest absolute Gasteiger partial charge is 0.371 e. The molecular formula is C18H24N2S. The van der Waals surface area contributed by atoms with Crippen LogP contribution < -0.4 is 10.2 Å². The number of benzene rings is 1. The summed E-state index contributed by atoms with van der Waals surface area (Å²) in [5.41, 5.74) is 1.36. The lowest BCUT2D eigenvalue weighted by molar-refractivity contribution is 0.376. The molecule has 2 nitrogen and oxygen atoms in total. The third-order valence-corrected chi connectivity index (χ3v) is 5.12. The maximum atomic E-state index is 3.81. The van der Waals surface area contributed by atoms with Gasteiger partial charge in [-0.1, -0.05) is 24.3 Å². The van der Waals surface area contributed by atoms with Gasteiger partial charge in [0.2, 0.25) is 0 Å². The van der Waals surface area contributed by atoms with Crippen molar-refractivity contribution in [3.05, 3.63) is 52.7 Å². The first-order valence-electron chi connectivity index (χ1n) is 7.89. The number of hydrogen-bond acceptors (Lipinski definition) is 3. The topological polar surface area (TPSA) is 15.3 Å². The van der Waals surface area contributed by atoms with E-state index in [0.717, 1.165) is 19.5 Å². The zero-order valence-corrected chi connectivity index (χ0v) is 13.5. The van der Waals surface area contributed by atoms with Gasteiger partial charge in [0.25, 0.3) is 0 Å². The molecule has 1 fully saturated rings. The van der Waals surface area contributed by atoms with Crippen LogP contribution in [0.25, 0.3) is 0 Å². The third-order valence-electron chi connectivity index (χ3n) is 4.22. The van der Waals surface area contributed by atoms with Gasteiger partial charge in [0.1, 0.15) is 0 Å². The first-order valence-corrected chi connectivity index (χ1v) is 8.77. The molecule has 0 bridgehead atoms. The lowest BCUT2D eigenvalue weighted by Gasteiger charge is -2.35. The van der Waals surface area contributed by atoms with Crippen LogP contribution in [-0.4, -0.2) is 25.2 Å². The SMILES string of the molecule is CC(Cc1cccs1)NC1CCN(c2ccccc2)CC1. The van der Waals surface area contributed by atoms with Gasteiger partial charge in [-0.3, -0.25) is 0 Å². The number of hydrogen-bond donors (Lipinski definition) is 1. The first kappa shape index (κ1) is 14.6. The Hall–Kier alpha value is -1.32. The molecule has 1 aromatic heterocycles. The van der Waals surface area contributed by atoms with Gasteiger partial charge in [0.05, 0.1) is 0 Å². The molecule has 0 radical (unpaired) electrons. The minimum Gasteiger partial charge on any atom is -0.371 e. The zero-order chi connectivity index (χ0) is 14.5. The van der Waals surface area contributed by atoms with E-state index in [0.29, 0.717) is 12.1 Å². The monoisotopic (exact) mass is 300 g/mol. The minimum atomic E-state index is 0.567. The Morgan fingerprint density at radius 2 is 1.90 bits per heavy atom. The summed E-state index contributed by atoms with van der Waals surface area (Å²) in [5.74, 6) is 0. The molecule has 1 atom stereocenters. The highest BCUT2D eigenvalue weighted by Crippen LogP contribution is 2.20. The molecule has 1 aliphatic rings. The van der Waals surface area contributed by atoms with E-state index in [4.69, 9.17) is 0 Å². The van der Waals surface area contributed by atoms with E-state index in [9.17, 15) is 0 Å². The van der Waals surface area contributed by atoms with E-state index in [2.05, 4.69) is 65.0 Å². The smallest absolute Gasteiger partial charge is 0.0366 e. The molecule has 2 aromatic rings. The van der Waals surface area contributed by atoms with Gasteiger partial charge in [-0.15, -0.1) is 11.3 Å². The van der Waals surface area contributed by atoms with Crippen molar-refractivity contribution >= 4 is 17.0 Å². The Kier molecular flexibility index (Phi) is 4.94. The van der Waals surface area contributed by atoms with Crippen molar-refractivity contribution in [3.8, 4) is 0 Å². The number of rotatable bonds is 5. The quantitative estimate of drug-likeness (QED) is 0.900. The molecule has 1 saturated heterocycles. The summed E-state index contributed by atoms with van der Waals surface area (Å²) in [6.45, 7) is 4.63. The average Bonchev–Trinajstić information content (AvgIpc) is 3.02. The van der Waals surface area contributed by atoms with Crippen LogP contribution in [0.5, 0.6) is 0 Å². The number of thiophene rings is 1. The second-order valence-electron chi connectivity index (χ2n) is 5.95. The highest BCUT2D eigenvalue weighted by molar-refractivity contribution is 7.09. The van der Waals surface area contributed by atoms with E-state index < -0.39 is 0 Å². The first-order chi connectivity index (χ1) is 10.3. The number of piperidine rings is 1. The van der Waals surface area contributed by atoms with Crippen LogP contribution in [-0.2, 0) is 6.42 Å². The van der Waals surface area contributed by atoms with Gasteiger partial charge in [-0.05, 0) is 49.8 Å². The normalized spacial score (nSPS) is 17.9. The second kappa shape index (κ2) is 7.10. The van der Waals surface area contributed by atoms with Crippen molar-refractivity contribution in [2.24, 2.45) is 0 Å². The van der Waals surface area contributed by atoms with Crippen LogP contribution in [0.1, 0.15) is 24.6 Å². The van der Waals surface area contributed by atoms with Crippen molar-refractivity contribution in [3.63, 3.8) is 0 Å². The summed E-state index contributed by atoms with van der Waals surface area (Å²) in [6, 6.07) is 16.4. The Labute approximate surface area is 131 Å². The molecule has 2 heterocycles. The second-order valence-corrected chi connectivity index (χ2v) is 6.98. The molecule has 21 heavy (non-hydrogen) atoms. The molecule has 1 unspecified atom stereocenters. The molecule has 112 valence electrons. The Bertz CT molecular complexity index is 515. The average molecular weight is 300 g/mol. The van der Waals surface area contributed by atoms with Gasteiger partial charge < -0.3 is 10.2 Å². The van der Waals surface area contributed by atoms with Gasteiger partial charge in [-0.25, -0.2) is 0 Å². The van der Waals surface area contributed by atoms with Crippen molar-refractivity contribution < 1.29 is 0 Å². The van der Waals surface area contributed by atoms with Crippen molar-refractivity contribution in [2.75, 3.05) is 18.0 Å². The fraction of sp³-hybridized carbons (Fsp3) is 0.444. The predicted octanol–water partition coefficient (Wildman–Crippen LogP) is 3.94. The molecule has 1 aliphatic heterocycles. The molecule has 3 heteroatoms.